The van der Waals surface area contributed by atoms with Crippen LogP contribution in [0.3, 0.4) is 0 Å². The summed E-state index contributed by atoms with van der Waals surface area (Å²) >= 11 is 0. The first kappa shape index (κ1) is 14.1. The van der Waals surface area contributed by atoms with E-state index in [0.29, 0.717) is 0 Å². The van der Waals surface area contributed by atoms with Crippen LogP contribution >= 0.6 is 0 Å². The van der Waals surface area contributed by atoms with Gasteiger partial charge in [-0.05, 0) is 48.6 Å². The van der Waals surface area contributed by atoms with Crippen molar-refractivity contribution in [3.63, 3.8) is 0 Å². The Bertz CT molecular complexity index is 735. The molecule has 1 saturated carbocycles. The molecule has 0 aromatic heterocycles. The molecule has 4 heteroatoms. The summed E-state index contributed by atoms with van der Waals surface area (Å²) in [5.74, 6) is 0.837. The zero-order valence-corrected chi connectivity index (χ0v) is 13.2. The molecule has 1 heterocycles. The lowest BCUT2D eigenvalue weighted by Gasteiger charge is -2.24. The second kappa shape index (κ2) is 5.30. The van der Waals surface area contributed by atoms with Gasteiger partial charge in [0.2, 0.25) is 0 Å². The monoisotopic (exact) mass is 308 g/mol. The van der Waals surface area contributed by atoms with Gasteiger partial charge in [-0.1, -0.05) is 30.3 Å². The Morgan fingerprint density at radius 1 is 1.13 bits per heavy atom. The standard InChI is InChI=1S/C19H20N2O2/c1-23-16-8-6-15(7-9-16)19(11-12-19)20-18(22)21-13-10-14-4-2-3-5-17(14)21/h2-9H,10-13H2,1H3,(H,20,22). The van der Waals surface area contributed by atoms with E-state index in [9.17, 15) is 4.79 Å². The maximum atomic E-state index is 12.8. The van der Waals surface area contributed by atoms with Crippen molar-refractivity contribution in [1.82, 2.24) is 5.32 Å². The van der Waals surface area contributed by atoms with Gasteiger partial charge < -0.3 is 10.1 Å². The van der Waals surface area contributed by atoms with Crippen molar-refractivity contribution in [1.29, 1.82) is 0 Å². The Hall–Kier alpha value is -2.49. The molecule has 23 heavy (non-hydrogen) atoms. The maximum Gasteiger partial charge on any atom is 0.322 e. The summed E-state index contributed by atoms with van der Waals surface area (Å²) in [6.07, 6.45) is 2.90. The minimum Gasteiger partial charge on any atom is -0.497 e. The summed E-state index contributed by atoms with van der Waals surface area (Å²) in [5, 5.41) is 3.25. The van der Waals surface area contributed by atoms with Crippen LogP contribution in [0, 0.1) is 0 Å². The number of ether oxygens (including phenoxy) is 1. The second-order valence-electron chi connectivity index (χ2n) is 6.27. The number of nitrogens with one attached hydrogen (secondary N) is 1. The molecule has 2 aromatic rings. The lowest BCUT2D eigenvalue weighted by atomic mass is 10.1. The van der Waals surface area contributed by atoms with Crippen molar-refractivity contribution >= 4 is 11.7 Å². The molecule has 0 saturated heterocycles. The number of urea groups is 1. The largest absolute Gasteiger partial charge is 0.497 e. The number of methoxy groups -OCH3 is 1. The minimum absolute atomic E-state index is 0.00303. The zero-order chi connectivity index (χ0) is 15.9. The highest BCUT2D eigenvalue weighted by atomic mass is 16.5. The van der Waals surface area contributed by atoms with Crippen molar-refractivity contribution < 1.29 is 9.53 Å². The van der Waals surface area contributed by atoms with E-state index in [1.807, 2.05) is 47.4 Å². The quantitative estimate of drug-likeness (QED) is 0.943. The maximum absolute atomic E-state index is 12.8. The molecule has 1 aliphatic heterocycles. The van der Waals surface area contributed by atoms with E-state index in [-0.39, 0.29) is 11.6 Å². The average molecular weight is 308 g/mol. The van der Waals surface area contributed by atoms with E-state index < -0.39 is 0 Å². The fourth-order valence-corrected chi connectivity index (χ4v) is 3.34. The number of amides is 2. The first-order chi connectivity index (χ1) is 11.2. The molecule has 0 bridgehead atoms. The fourth-order valence-electron chi connectivity index (χ4n) is 3.34. The number of nitrogens with zero attached hydrogens (tertiary/aromatic N) is 1. The number of hydrogen-bond donors (Lipinski definition) is 1. The normalized spacial score (nSPS) is 17.5. The lowest BCUT2D eigenvalue weighted by molar-refractivity contribution is 0.242. The van der Waals surface area contributed by atoms with E-state index in [4.69, 9.17) is 4.74 Å². The highest BCUT2D eigenvalue weighted by molar-refractivity contribution is 5.95. The van der Waals surface area contributed by atoms with Crippen LogP contribution in [-0.4, -0.2) is 19.7 Å². The number of carbonyl (C=O) groups excluding carboxylic acids is 1. The molecular weight excluding hydrogens is 288 g/mol. The van der Waals surface area contributed by atoms with Crippen molar-refractivity contribution in [2.24, 2.45) is 0 Å². The van der Waals surface area contributed by atoms with Crippen molar-refractivity contribution in [3.05, 3.63) is 59.7 Å². The van der Waals surface area contributed by atoms with Gasteiger partial charge >= 0.3 is 6.03 Å². The SMILES string of the molecule is COc1ccc(C2(NC(=O)N3CCc4ccccc43)CC2)cc1. The third kappa shape index (κ3) is 2.44. The fraction of sp³-hybridized carbons (Fsp3) is 0.316. The Morgan fingerprint density at radius 3 is 2.57 bits per heavy atom. The predicted octanol–water partition coefficient (Wildman–Crippen LogP) is 3.46. The Balaban J connectivity index is 1.52. The molecular formula is C19H20N2O2. The second-order valence-corrected chi connectivity index (χ2v) is 6.27. The van der Waals surface area contributed by atoms with Gasteiger partial charge in [0.25, 0.3) is 0 Å². The highest BCUT2D eigenvalue weighted by Crippen LogP contribution is 2.46. The number of benzene rings is 2. The van der Waals surface area contributed by atoms with E-state index in [1.165, 1.54) is 5.56 Å². The number of carbonyl (C=O) groups is 1. The summed E-state index contributed by atoms with van der Waals surface area (Å²) in [7, 11) is 1.66. The lowest BCUT2D eigenvalue weighted by Crippen LogP contribution is -2.44. The molecule has 118 valence electrons. The summed E-state index contributed by atoms with van der Waals surface area (Å²) in [6.45, 7) is 0.754. The number of rotatable bonds is 3. The third-order valence-electron chi connectivity index (χ3n) is 4.87. The summed E-state index contributed by atoms with van der Waals surface area (Å²) in [4.78, 5) is 14.6. The van der Waals surface area contributed by atoms with Gasteiger partial charge in [-0.15, -0.1) is 0 Å². The van der Waals surface area contributed by atoms with Crippen LogP contribution in [0.5, 0.6) is 5.75 Å². The smallest absolute Gasteiger partial charge is 0.322 e. The van der Waals surface area contributed by atoms with Crippen LogP contribution in [0.1, 0.15) is 24.0 Å². The van der Waals surface area contributed by atoms with E-state index in [1.54, 1.807) is 7.11 Å². The Morgan fingerprint density at radius 2 is 1.87 bits per heavy atom. The van der Waals surface area contributed by atoms with Crippen molar-refractivity contribution in [3.8, 4) is 5.75 Å². The van der Waals surface area contributed by atoms with Gasteiger partial charge in [0.15, 0.2) is 0 Å². The molecule has 0 unspecified atom stereocenters. The topological polar surface area (TPSA) is 41.6 Å². The van der Waals surface area contributed by atoms with E-state index in [0.717, 1.165) is 42.8 Å². The zero-order valence-electron chi connectivity index (χ0n) is 13.2. The molecule has 1 aliphatic carbocycles. The van der Waals surface area contributed by atoms with Gasteiger partial charge in [0, 0.05) is 12.2 Å². The molecule has 1 fully saturated rings. The van der Waals surface area contributed by atoms with Crippen LogP contribution in [0.15, 0.2) is 48.5 Å². The molecule has 2 aromatic carbocycles. The molecule has 0 spiro atoms. The van der Waals surface area contributed by atoms with Gasteiger partial charge in [-0.2, -0.15) is 0 Å². The minimum atomic E-state index is -0.207. The number of para-hydroxylation sites is 1. The van der Waals surface area contributed by atoms with Crippen LogP contribution in [0.2, 0.25) is 0 Å². The Labute approximate surface area is 136 Å². The van der Waals surface area contributed by atoms with Crippen molar-refractivity contribution in [2.75, 3.05) is 18.6 Å². The molecule has 0 atom stereocenters. The van der Waals surface area contributed by atoms with Gasteiger partial charge in [0.1, 0.15) is 5.75 Å². The van der Waals surface area contributed by atoms with Crippen LogP contribution in [0.4, 0.5) is 10.5 Å². The molecule has 2 aliphatic rings. The summed E-state index contributed by atoms with van der Waals surface area (Å²) in [6, 6.07) is 16.1. The van der Waals surface area contributed by atoms with Crippen molar-refractivity contribution in [2.45, 2.75) is 24.8 Å². The molecule has 0 radical (unpaired) electrons. The molecule has 4 nitrogen and oxygen atoms in total. The molecule has 2 amide bonds. The van der Waals surface area contributed by atoms with Gasteiger partial charge in [-0.25, -0.2) is 4.79 Å². The first-order valence-corrected chi connectivity index (χ1v) is 8.04. The number of hydrogen-bond acceptors (Lipinski definition) is 2. The summed E-state index contributed by atoms with van der Waals surface area (Å²) in [5.41, 5.74) is 3.23. The van der Waals surface area contributed by atoms with Gasteiger partial charge in [0.05, 0.1) is 12.6 Å². The van der Waals surface area contributed by atoms with Crippen LogP contribution < -0.4 is 15.0 Å². The van der Waals surface area contributed by atoms with E-state index in [2.05, 4.69) is 11.4 Å². The number of fused-ring (bicyclic) bond motifs is 1. The highest BCUT2D eigenvalue weighted by Gasteiger charge is 2.46. The first-order valence-electron chi connectivity index (χ1n) is 8.04. The van der Waals surface area contributed by atoms with E-state index >= 15 is 0 Å². The third-order valence-corrected chi connectivity index (χ3v) is 4.87. The van der Waals surface area contributed by atoms with Crippen LogP contribution in [0.25, 0.3) is 0 Å². The Kier molecular flexibility index (Phi) is 3.26. The predicted molar refractivity (Wildman–Crippen MR) is 89.9 cm³/mol. The van der Waals surface area contributed by atoms with Crippen LogP contribution in [-0.2, 0) is 12.0 Å². The number of anilines is 1. The molecule has 1 N–H and O–H groups in total. The molecule has 4 rings (SSSR count). The summed E-state index contributed by atoms with van der Waals surface area (Å²) < 4.78 is 5.21. The average Bonchev–Trinajstić information content (AvgIpc) is 3.24. The van der Waals surface area contributed by atoms with Gasteiger partial charge in [-0.3, -0.25) is 4.90 Å².